The molecule has 0 unspecified atom stereocenters. The first kappa shape index (κ1) is 51.8. The molecule has 4 aromatic carbocycles. The summed E-state index contributed by atoms with van der Waals surface area (Å²) < 4.78 is 29.5. The first-order valence-electron chi connectivity index (χ1n) is 25.2. The molecular weight excluding hydrogens is 845 g/mol. The van der Waals surface area contributed by atoms with Gasteiger partial charge in [-0.05, 0) is 103 Å². The van der Waals surface area contributed by atoms with E-state index in [-0.39, 0.29) is 5.75 Å². The number of fused-ring (bicyclic) bond motifs is 1. The third-order valence-corrected chi connectivity index (χ3v) is 13.0. The minimum Gasteiger partial charge on any atom is -0.494 e. The molecule has 0 aliphatic rings. The molecular formula is C57H74O8S. The Morgan fingerprint density at radius 1 is 0.394 bits per heavy atom. The van der Waals surface area contributed by atoms with Gasteiger partial charge in [-0.3, -0.25) is 0 Å². The first-order chi connectivity index (χ1) is 32.4. The molecule has 0 atom stereocenters. The maximum absolute atomic E-state index is 13.2. The van der Waals surface area contributed by atoms with Crippen molar-refractivity contribution in [3.8, 4) is 28.7 Å². The Bertz CT molecular complexity index is 2120. The second-order valence-electron chi connectivity index (χ2n) is 17.4. The summed E-state index contributed by atoms with van der Waals surface area (Å²) in [6.45, 7) is 5.84. The van der Waals surface area contributed by atoms with E-state index in [9.17, 15) is 14.4 Å². The second-order valence-corrected chi connectivity index (χ2v) is 18.5. The van der Waals surface area contributed by atoms with Crippen molar-refractivity contribution in [2.24, 2.45) is 0 Å². The van der Waals surface area contributed by atoms with Crippen molar-refractivity contribution in [2.75, 3.05) is 13.2 Å². The van der Waals surface area contributed by atoms with E-state index in [1.165, 1.54) is 146 Å². The standard InChI is InChI=1S/C57H74O8S/c1-3-5-7-9-11-13-15-17-19-21-23-25-42-61-48-34-30-46(31-35-48)56(59)65-52-29-27-28-47-44-53(66-54(47)52)57(60)64-50-36-32-45(33-37-50)55(58)63-51-40-38-49(39-41-51)62-43-26-24-22-20-18-16-14-12-10-8-6-4-2/h27-41,44H,3-26,42-43H2,1-2H3. The molecule has 1 aromatic heterocycles. The van der Waals surface area contributed by atoms with Crippen LogP contribution in [-0.4, -0.2) is 31.1 Å². The van der Waals surface area contributed by atoms with Gasteiger partial charge in [-0.25, -0.2) is 14.4 Å². The summed E-state index contributed by atoms with van der Waals surface area (Å²) in [6, 6.07) is 27.3. The summed E-state index contributed by atoms with van der Waals surface area (Å²) in [5.74, 6) is 0.905. The number of ether oxygens (including phenoxy) is 5. The number of esters is 3. The molecule has 0 saturated heterocycles. The van der Waals surface area contributed by atoms with Crippen LogP contribution in [0.15, 0.2) is 97.1 Å². The molecule has 0 N–H and O–H groups in total. The smallest absolute Gasteiger partial charge is 0.353 e. The van der Waals surface area contributed by atoms with E-state index < -0.39 is 17.9 Å². The Balaban J connectivity index is 0.972. The summed E-state index contributed by atoms with van der Waals surface area (Å²) in [4.78, 5) is 39.6. The predicted octanol–water partition coefficient (Wildman–Crippen LogP) is 16.7. The molecule has 5 rings (SSSR count). The fourth-order valence-electron chi connectivity index (χ4n) is 7.92. The highest BCUT2D eigenvalue weighted by atomic mass is 32.1. The van der Waals surface area contributed by atoms with Gasteiger partial charge in [0.15, 0.2) is 0 Å². The predicted molar refractivity (Wildman–Crippen MR) is 269 cm³/mol. The van der Waals surface area contributed by atoms with Crippen molar-refractivity contribution in [3.05, 3.63) is 113 Å². The molecule has 0 bridgehead atoms. The van der Waals surface area contributed by atoms with Crippen LogP contribution in [0, 0.1) is 0 Å². The van der Waals surface area contributed by atoms with Crippen molar-refractivity contribution < 1.29 is 38.1 Å². The lowest BCUT2D eigenvalue weighted by atomic mass is 10.1. The van der Waals surface area contributed by atoms with Crippen LogP contribution in [-0.2, 0) is 0 Å². The van der Waals surface area contributed by atoms with Crippen LogP contribution >= 0.6 is 11.3 Å². The fraction of sp³-hybridized carbons (Fsp3) is 0.491. The van der Waals surface area contributed by atoms with Crippen molar-refractivity contribution in [2.45, 2.75) is 168 Å². The van der Waals surface area contributed by atoms with Crippen LogP contribution in [0.4, 0.5) is 0 Å². The molecule has 66 heavy (non-hydrogen) atoms. The molecule has 0 aliphatic carbocycles. The van der Waals surface area contributed by atoms with Gasteiger partial charge in [0, 0.05) is 0 Å². The third-order valence-electron chi connectivity index (χ3n) is 11.9. The molecule has 0 amide bonds. The van der Waals surface area contributed by atoms with Gasteiger partial charge in [0.1, 0.15) is 33.6 Å². The molecule has 0 radical (unpaired) electrons. The van der Waals surface area contributed by atoms with Crippen LogP contribution in [0.25, 0.3) is 10.1 Å². The number of carbonyl (C=O) groups is 3. The molecule has 5 aromatic rings. The molecule has 0 spiro atoms. The maximum atomic E-state index is 13.2. The quantitative estimate of drug-likeness (QED) is 0.0229. The number of benzene rings is 4. The SMILES string of the molecule is CCCCCCCCCCCCCCOc1ccc(OC(=O)c2ccc(OC(=O)c3cc4cccc(OC(=O)c5ccc(OCCCCCCCCCCCCCC)cc5)c4s3)cc2)cc1. The lowest BCUT2D eigenvalue weighted by Gasteiger charge is -2.08. The van der Waals surface area contributed by atoms with Crippen LogP contribution < -0.4 is 23.7 Å². The van der Waals surface area contributed by atoms with Crippen molar-refractivity contribution in [3.63, 3.8) is 0 Å². The van der Waals surface area contributed by atoms with E-state index in [1.807, 2.05) is 18.2 Å². The Labute approximate surface area is 398 Å². The summed E-state index contributed by atoms with van der Waals surface area (Å²) >= 11 is 1.18. The highest BCUT2D eigenvalue weighted by Gasteiger charge is 2.18. The minimum absolute atomic E-state index is 0.275. The molecule has 0 fully saturated rings. The van der Waals surface area contributed by atoms with Gasteiger partial charge in [-0.2, -0.15) is 0 Å². The average molecular weight is 919 g/mol. The van der Waals surface area contributed by atoms with Crippen molar-refractivity contribution in [1.29, 1.82) is 0 Å². The van der Waals surface area contributed by atoms with E-state index >= 15 is 0 Å². The zero-order chi connectivity index (χ0) is 46.4. The lowest BCUT2D eigenvalue weighted by Crippen LogP contribution is -2.09. The maximum Gasteiger partial charge on any atom is 0.353 e. The number of thiophene rings is 1. The van der Waals surface area contributed by atoms with Gasteiger partial charge >= 0.3 is 17.9 Å². The van der Waals surface area contributed by atoms with E-state index in [0.717, 1.165) is 36.1 Å². The Kier molecular flexibility index (Phi) is 24.3. The largest absolute Gasteiger partial charge is 0.494 e. The average Bonchev–Trinajstić information content (AvgIpc) is 3.79. The summed E-state index contributed by atoms with van der Waals surface area (Å²) in [6.07, 6.45) is 31.2. The van der Waals surface area contributed by atoms with Crippen LogP contribution in [0.5, 0.6) is 28.7 Å². The van der Waals surface area contributed by atoms with Gasteiger partial charge in [-0.1, -0.05) is 167 Å². The molecule has 1 heterocycles. The molecule has 9 heteroatoms. The van der Waals surface area contributed by atoms with Crippen LogP contribution in [0.3, 0.4) is 0 Å². The number of hydrogen-bond donors (Lipinski definition) is 0. The molecule has 8 nitrogen and oxygen atoms in total. The normalized spacial score (nSPS) is 11.1. The van der Waals surface area contributed by atoms with Gasteiger partial charge in [0.2, 0.25) is 0 Å². The summed E-state index contributed by atoms with van der Waals surface area (Å²) in [5.41, 5.74) is 0.712. The second kappa shape index (κ2) is 30.9. The Morgan fingerprint density at radius 2 is 0.758 bits per heavy atom. The molecule has 0 aliphatic heterocycles. The fourth-order valence-corrected chi connectivity index (χ4v) is 8.90. The molecule has 356 valence electrons. The zero-order valence-corrected chi connectivity index (χ0v) is 40.6. The summed E-state index contributed by atoms with van der Waals surface area (Å²) in [7, 11) is 0. The molecule has 0 saturated carbocycles. The number of unbranched alkanes of at least 4 members (excludes halogenated alkanes) is 22. The Morgan fingerprint density at radius 3 is 1.21 bits per heavy atom. The summed E-state index contributed by atoms with van der Waals surface area (Å²) in [5, 5.41) is 0.746. The van der Waals surface area contributed by atoms with Crippen molar-refractivity contribution in [1.82, 2.24) is 0 Å². The number of hydrogen-bond acceptors (Lipinski definition) is 9. The zero-order valence-electron chi connectivity index (χ0n) is 39.8. The van der Waals surface area contributed by atoms with Crippen molar-refractivity contribution >= 4 is 39.3 Å². The Hall–Kier alpha value is -5.15. The highest BCUT2D eigenvalue weighted by Crippen LogP contribution is 2.35. The number of carbonyl (C=O) groups excluding carboxylic acids is 3. The number of rotatable bonds is 34. The van der Waals surface area contributed by atoms with Gasteiger partial charge in [-0.15, -0.1) is 11.3 Å². The lowest BCUT2D eigenvalue weighted by molar-refractivity contribution is 0.0725. The monoisotopic (exact) mass is 919 g/mol. The topological polar surface area (TPSA) is 97.4 Å². The van der Waals surface area contributed by atoms with E-state index in [4.69, 9.17) is 23.7 Å². The van der Waals surface area contributed by atoms with E-state index in [1.54, 1.807) is 78.9 Å². The minimum atomic E-state index is -0.566. The van der Waals surface area contributed by atoms with Crippen LogP contribution in [0.1, 0.15) is 198 Å². The van der Waals surface area contributed by atoms with E-state index in [0.29, 0.717) is 45.4 Å². The van der Waals surface area contributed by atoms with Gasteiger partial charge < -0.3 is 23.7 Å². The highest BCUT2D eigenvalue weighted by molar-refractivity contribution is 7.21. The van der Waals surface area contributed by atoms with Crippen LogP contribution in [0.2, 0.25) is 0 Å². The first-order valence-corrected chi connectivity index (χ1v) is 26.0. The third kappa shape index (κ3) is 19.4. The van der Waals surface area contributed by atoms with Gasteiger partial charge in [0.05, 0.1) is 29.0 Å². The van der Waals surface area contributed by atoms with Gasteiger partial charge in [0.25, 0.3) is 0 Å². The van der Waals surface area contributed by atoms with E-state index in [2.05, 4.69) is 13.8 Å².